The largest absolute Gasteiger partial charge is 1.00 e. The number of halogens is 3. The molecule has 0 saturated carbocycles. The minimum absolute atomic E-state index is 0. The number of aromatic hydroxyl groups is 3. The Morgan fingerprint density at radius 3 is 1.43 bits per heavy atom. The number of rotatable bonds is 7. The number of hydrogen-bond acceptors (Lipinski definition) is 9. The minimum atomic E-state index is -0.552. The molecule has 1 aliphatic heterocycles. The molecule has 6 N–H and O–H groups in total. The number of amides is 1. The second-order valence-corrected chi connectivity index (χ2v) is 11.6. The Morgan fingerprint density at radius 2 is 1.06 bits per heavy atom. The van der Waals surface area contributed by atoms with Crippen LogP contribution in [0.1, 0.15) is 70.0 Å². The number of Topliss-reactive ketones (excluding diaryl/α,β-unsaturated/α-hetero) is 1. The fraction of sp³-hybridized carbons (Fsp3) is 0.150. The fourth-order valence-electron chi connectivity index (χ4n) is 4.17. The number of nitrogens with two attached hydrogens (primary N) is 1. The van der Waals surface area contributed by atoms with Crippen LogP contribution in [-0.2, 0) is 11.2 Å². The zero-order valence-corrected chi connectivity index (χ0v) is 32.1. The van der Waals surface area contributed by atoms with E-state index in [4.69, 9.17) is 41.5 Å². The Hall–Kier alpha value is -4.95. The maximum Gasteiger partial charge on any atom is 0.255 e. The molecule has 5 aromatic carbocycles. The van der Waals surface area contributed by atoms with E-state index in [1.54, 1.807) is 84.9 Å². The number of nitrogen functional groups attached to an aromatic ring is 1. The fourth-order valence-corrected chi connectivity index (χ4v) is 4.43. The van der Waals surface area contributed by atoms with Gasteiger partial charge in [-0.05, 0) is 139 Å². The first-order valence-corrected chi connectivity index (χ1v) is 16.3. The van der Waals surface area contributed by atoms with Gasteiger partial charge in [0.1, 0.15) is 17.2 Å². The first kappa shape index (κ1) is 42.5. The monoisotopic (exact) mass is 876 g/mol. The highest BCUT2D eigenvalue weighted by Crippen LogP contribution is 2.17. The highest BCUT2D eigenvalue weighted by Gasteiger charge is 2.11. The zero-order chi connectivity index (χ0) is 39.9. The molecule has 1 amide bonds. The predicted molar refractivity (Wildman–Crippen MR) is 205 cm³/mol. The summed E-state index contributed by atoms with van der Waals surface area (Å²) in [7, 11) is -0.250. The third kappa shape index (κ3) is 17.4. The number of benzene rings is 5. The molecule has 0 radical (unpaired) electrons. The van der Waals surface area contributed by atoms with Gasteiger partial charge in [0.2, 0.25) is 0 Å². The summed E-state index contributed by atoms with van der Waals surface area (Å²) in [5.74, 6) is 0.165. The van der Waals surface area contributed by atoms with Gasteiger partial charge in [-0.25, -0.2) is 0 Å². The minimum Gasteiger partial charge on any atom is -1.00 e. The zero-order valence-electron chi connectivity index (χ0n) is 30.4. The lowest BCUT2D eigenvalue weighted by Gasteiger charge is -2.07. The summed E-state index contributed by atoms with van der Waals surface area (Å²) in [5, 5.41) is 28.8. The molecular formula is C40H40Cl2IN2O8-. The second kappa shape index (κ2) is 24.3. The number of carbonyl (C=O) groups is 4. The van der Waals surface area contributed by atoms with Crippen LogP contribution < -0.4 is 35.0 Å². The molecule has 0 aliphatic carbocycles. The molecule has 0 bridgehead atoms. The van der Waals surface area contributed by atoms with Crippen LogP contribution in [-0.4, -0.2) is 50.7 Å². The third-order valence-corrected chi connectivity index (χ3v) is 7.39. The Bertz CT molecular complexity index is 1760. The molecule has 1 saturated heterocycles. The number of phenolic OH excluding ortho intramolecular Hbond substituents is 3. The molecule has 10 nitrogen and oxygen atoms in total. The number of carbonyl (C=O) groups excluding carboxylic acids is 4. The number of anilines is 2. The van der Waals surface area contributed by atoms with Gasteiger partial charge in [0.05, 0.1) is 0 Å². The van der Waals surface area contributed by atoms with Crippen molar-refractivity contribution in [3.05, 3.63) is 149 Å². The average molecular weight is 878 g/mol. The van der Waals surface area contributed by atoms with E-state index in [2.05, 4.69) is 5.32 Å². The average Bonchev–Trinajstić information content (AvgIpc) is 3.77. The Balaban J connectivity index is 0.000000427. The lowest BCUT2D eigenvalue weighted by molar-refractivity contribution is -0.0000424. The summed E-state index contributed by atoms with van der Waals surface area (Å²) in [6.07, 6.45) is 2.78. The lowest BCUT2D eigenvalue weighted by Crippen LogP contribution is -3.00. The summed E-state index contributed by atoms with van der Waals surface area (Å²) in [6, 6.07) is 31.3. The van der Waals surface area contributed by atoms with Gasteiger partial charge >= 0.3 is 0 Å². The van der Waals surface area contributed by atoms with Crippen LogP contribution in [0.5, 0.6) is 17.2 Å². The van der Waals surface area contributed by atoms with Gasteiger partial charge in [-0.2, -0.15) is 0 Å². The maximum atomic E-state index is 12.3. The van der Waals surface area contributed by atoms with E-state index in [-0.39, 0.29) is 66.7 Å². The molecular weight excluding hydrogens is 834 g/mol. The Morgan fingerprint density at radius 1 is 0.679 bits per heavy atom. The second-order valence-electron chi connectivity index (χ2n) is 10.9. The standard InChI is InChI=1S/C21H17NO4.C8H4Cl2O2.C6H7NO.C4H8O.CH4.HI/c23-18-9-1-14(2-10-18)13-20(25)15-3-5-16(6-4-15)21(26)22-17-7-11-19(24)12-8-17;9-7(11)5-1-2-6(4-3-5)8(10)12;7-5-1-3-6(8)4-2-5;1-2-4-5-3-1;;/h1-12,23-24H,13H2,(H,22,26);1-4H;1-4,8H,7H2;1-4H2;1H4;1H/p-1/i;;;;1TD;. The van der Waals surface area contributed by atoms with E-state index >= 15 is 0 Å². The molecule has 1 heterocycles. The van der Waals surface area contributed by atoms with Crippen LogP contribution in [0, 0.1) is 0 Å². The van der Waals surface area contributed by atoms with Crippen LogP contribution in [0.2, 0.25) is 0 Å². The van der Waals surface area contributed by atoms with E-state index in [0.29, 0.717) is 33.6 Å². The third-order valence-electron chi connectivity index (χ3n) is 6.95. The van der Waals surface area contributed by atoms with E-state index in [1.165, 1.54) is 49.2 Å². The molecule has 0 spiro atoms. The summed E-state index contributed by atoms with van der Waals surface area (Å²) < 4.78 is 16.7. The molecule has 0 atom stereocenters. The molecule has 1 fully saturated rings. The van der Waals surface area contributed by atoms with Crippen molar-refractivity contribution < 1.29 is 66.0 Å². The predicted octanol–water partition coefficient (Wildman–Crippen LogP) is 5.63. The first-order valence-electron chi connectivity index (χ1n) is 17.0. The quantitative estimate of drug-likeness (QED) is 0.0456. The molecule has 53 heavy (non-hydrogen) atoms. The van der Waals surface area contributed by atoms with Crippen LogP contribution in [0.25, 0.3) is 0 Å². The lowest BCUT2D eigenvalue weighted by atomic mass is 10.0. The van der Waals surface area contributed by atoms with Crippen molar-refractivity contribution in [1.82, 2.24) is 0 Å². The Labute approximate surface area is 338 Å². The molecule has 0 aromatic heterocycles. The van der Waals surface area contributed by atoms with Crippen LogP contribution in [0.3, 0.4) is 0 Å². The van der Waals surface area contributed by atoms with Gasteiger partial charge < -0.3 is 55.1 Å². The van der Waals surface area contributed by atoms with Crippen molar-refractivity contribution in [1.29, 1.82) is 0 Å². The first-order chi connectivity index (χ1) is 25.8. The Kier molecular flexibility index (Phi) is 19.5. The summed E-state index contributed by atoms with van der Waals surface area (Å²) in [4.78, 5) is 45.7. The smallest absolute Gasteiger partial charge is 0.255 e. The normalized spacial score (nSPS) is 11.2. The summed E-state index contributed by atoms with van der Waals surface area (Å²) in [5.41, 5.74) is 9.00. The van der Waals surface area contributed by atoms with Gasteiger partial charge in [-0.1, -0.05) is 31.6 Å². The van der Waals surface area contributed by atoms with Crippen LogP contribution in [0.15, 0.2) is 121 Å². The van der Waals surface area contributed by atoms with Crippen molar-refractivity contribution in [2.24, 2.45) is 0 Å². The number of hydrogen-bond donors (Lipinski definition) is 5. The van der Waals surface area contributed by atoms with Crippen molar-refractivity contribution in [3.8, 4) is 17.2 Å². The molecule has 280 valence electrons. The van der Waals surface area contributed by atoms with Crippen molar-refractivity contribution in [3.63, 3.8) is 0 Å². The van der Waals surface area contributed by atoms with E-state index in [0.717, 1.165) is 18.8 Å². The topological polar surface area (TPSA) is 176 Å². The van der Waals surface area contributed by atoms with Crippen molar-refractivity contribution >= 4 is 56.8 Å². The van der Waals surface area contributed by atoms with E-state index in [9.17, 15) is 29.4 Å². The molecule has 0 unspecified atom stereocenters. The van der Waals surface area contributed by atoms with E-state index < -0.39 is 10.5 Å². The molecule has 1 aliphatic rings. The summed E-state index contributed by atoms with van der Waals surface area (Å²) >= 11 is 10.4. The highest BCUT2D eigenvalue weighted by molar-refractivity contribution is 6.68. The molecule has 13 heteroatoms. The number of phenols is 3. The van der Waals surface area contributed by atoms with E-state index in [1.807, 2.05) is 0 Å². The number of ether oxygens (including phenoxy) is 1. The van der Waals surface area contributed by atoms with Crippen LogP contribution in [0.4, 0.5) is 11.4 Å². The molecule has 5 aromatic rings. The van der Waals surface area contributed by atoms with Gasteiger partial charge in [0.25, 0.3) is 16.4 Å². The van der Waals surface area contributed by atoms with Crippen LogP contribution >= 0.6 is 23.2 Å². The molecule has 6 rings (SSSR count). The van der Waals surface area contributed by atoms with Gasteiger partial charge in [-0.3, -0.25) is 19.2 Å². The van der Waals surface area contributed by atoms with Crippen molar-refractivity contribution in [2.75, 3.05) is 24.3 Å². The number of nitrogens with one attached hydrogen (secondary N) is 1. The van der Waals surface area contributed by atoms with Crippen molar-refractivity contribution in [2.45, 2.75) is 26.6 Å². The SMILES string of the molecule is C1CCOC1.Nc1ccc(O)cc1.O=C(Cc1ccc(O)cc1)c1ccc(C(=O)Nc2ccc(O)cc2)cc1.O=C(Cl)c1ccc(C(=O)Cl)cc1.[2H]C[3H].[I-]. The summed E-state index contributed by atoms with van der Waals surface area (Å²) in [6.45, 7) is 2.00. The van der Waals surface area contributed by atoms with Gasteiger partial charge in [-0.15, -0.1) is 0 Å². The van der Waals surface area contributed by atoms with Gasteiger partial charge in [0.15, 0.2) is 5.78 Å². The van der Waals surface area contributed by atoms with Gasteiger partial charge in [0, 0.05) is 56.0 Å². The highest BCUT2D eigenvalue weighted by atomic mass is 127. The maximum absolute atomic E-state index is 12.3. The number of ketones is 1.